The number of nitrogens with zero attached hydrogens (tertiary/aromatic N) is 2. The van der Waals surface area contributed by atoms with Gasteiger partial charge in [-0.1, -0.05) is 36.8 Å². The molecule has 172 valence electrons. The number of likely N-dealkylation sites (tertiary alicyclic amines) is 1. The lowest BCUT2D eigenvalue weighted by molar-refractivity contribution is 0.167. The van der Waals surface area contributed by atoms with Crippen molar-refractivity contribution in [3.63, 3.8) is 0 Å². The fraction of sp³-hybridized carbons (Fsp3) is 0.333. The molecule has 1 atom stereocenters. The molecule has 1 saturated heterocycles. The maximum atomic E-state index is 12.7. The predicted octanol–water partition coefficient (Wildman–Crippen LogP) is 4.70. The Morgan fingerprint density at radius 3 is 2.73 bits per heavy atom. The first-order valence-electron chi connectivity index (χ1n) is 11.7. The summed E-state index contributed by atoms with van der Waals surface area (Å²) in [7, 11) is 0. The molecule has 0 aliphatic carbocycles. The highest BCUT2D eigenvalue weighted by Crippen LogP contribution is 2.20. The van der Waals surface area contributed by atoms with Crippen molar-refractivity contribution < 1.29 is 4.74 Å². The Labute approximate surface area is 195 Å². The molecular formula is C27H32N4O2. The summed E-state index contributed by atoms with van der Waals surface area (Å²) in [6.07, 6.45) is 6.92. The first-order valence-corrected chi connectivity index (χ1v) is 11.7. The molecule has 0 radical (unpaired) electrons. The van der Waals surface area contributed by atoms with Crippen LogP contribution in [-0.2, 0) is 6.61 Å². The Kier molecular flexibility index (Phi) is 7.58. The average molecular weight is 445 g/mol. The van der Waals surface area contributed by atoms with Gasteiger partial charge in [0, 0.05) is 54.5 Å². The number of pyridine rings is 1. The molecule has 2 aromatic carbocycles. The minimum atomic E-state index is -0.170. The zero-order chi connectivity index (χ0) is 23.0. The zero-order valence-electron chi connectivity index (χ0n) is 19.2. The van der Waals surface area contributed by atoms with Crippen LogP contribution < -0.4 is 15.6 Å². The minimum Gasteiger partial charge on any atom is -0.489 e. The van der Waals surface area contributed by atoms with E-state index in [9.17, 15) is 4.79 Å². The molecule has 4 rings (SSSR count). The largest absolute Gasteiger partial charge is 0.489 e. The number of rotatable bonds is 9. The lowest BCUT2D eigenvalue weighted by atomic mass is 10.0. The van der Waals surface area contributed by atoms with E-state index in [1.54, 1.807) is 16.8 Å². The van der Waals surface area contributed by atoms with E-state index in [2.05, 4.69) is 17.1 Å². The molecule has 3 aromatic rings. The summed E-state index contributed by atoms with van der Waals surface area (Å²) in [4.78, 5) is 15.2. The topological polar surface area (TPSA) is 70.3 Å². The first-order chi connectivity index (χ1) is 16.1. The number of hydrogen-bond acceptors (Lipinski definition) is 5. The van der Waals surface area contributed by atoms with Gasteiger partial charge in [-0.2, -0.15) is 0 Å². The molecule has 1 aliphatic heterocycles. The van der Waals surface area contributed by atoms with Crippen LogP contribution in [0.1, 0.15) is 37.3 Å². The molecule has 1 aromatic heterocycles. The van der Waals surface area contributed by atoms with E-state index in [1.807, 2.05) is 48.5 Å². The molecule has 1 fully saturated rings. The number of benzene rings is 2. The van der Waals surface area contributed by atoms with Crippen molar-refractivity contribution in [1.82, 2.24) is 9.47 Å². The van der Waals surface area contributed by atoms with Crippen LogP contribution in [0.3, 0.4) is 0 Å². The van der Waals surface area contributed by atoms with Gasteiger partial charge >= 0.3 is 0 Å². The quantitative estimate of drug-likeness (QED) is 0.469. The highest BCUT2D eigenvalue weighted by molar-refractivity contribution is 5.86. The van der Waals surface area contributed by atoms with Crippen molar-refractivity contribution >= 4 is 11.9 Å². The number of anilines is 1. The van der Waals surface area contributed by atoms with E-state index in [-0.39, 0.29) is 5.56 Å². The predicted molar refractivity (Wildman–Crippen MR) is 134 cm³/mol. The van der Waals surface area contributed by atoms with Crippen LogP contribution in [0, 0.1) is 5.41 Å². The van der Waals surface area contributed by atoms with Crippen molar-refractivity contribution in [2.75, 3.05) is 25.0 Å². The summed E-state index contributed by atoms with van der Waals surface area (Å²) in [6, 6.07) is 19.5. The highest BCUT2D eigenvalue weighted by atomic mass is 16.5. The zero-order valence-corrected chi connectivity index (χ0v) is 19.2. The minimum absolute atomic E-state index is 0.170. The van der Waals surface area contributed by atoms with Crippen molar-refractivity contribution in [2.24, 2.45) is 0 Å². The van der Waals surface area contributed by atoms with Gasteiger partial charge in [0.05, 0.1) is 0 Å². The van der Waals surface area contributed by atoms with E-state index >= 15 is 0 Å². The Hall–Kier alpha value is -3.38. The molecule has 2 N–H and O–H groups in total. The van der Waals surface area contributed by atoms with Gasteiger partial charge in [-0.3, -0.25) is 14.3 Å². The molecule has 6 heteroatoms. The number of aromatic nitrogens is 1. The summed E-state index contributed by atoms with van der Waals surface area (Å²) in [5.74, 6) is 0.539. The summed E-state index contributed by atoms with van der Waals surface area (Å²) in [6.45, 7) is 5.70. The van der Waals surface area contributed by atoms with Gasteiger partial charge in [-0.25, -0.2) is 0 Å². The van der Waals surface area contributed by atoms with Gasteiger partial charge in [-0.05, 0) is 56.1 Å². The molecule has 2 heterocycles. The standard InChI is InChI=1S/C27H32N4O2/c1-21-7-5-6-14-30(21)16-13-29-26-11-10-24(17-23(26)19-28)31-15-12-25(18-27(31)32)33-20-22-8-3-2-4-9-22/h2-4,8-12,15,17-19,21,28-29H,5-7,13-14,16,20H2,1H3. The lowest BCUT2D eigenvalue weighted by Crippen LogP contribution is -2.40. The molecule has 1 unspecified atom stereocenters. The van der Waals surface area contributed by atoms with E-state index in [0.717, 1.165) is 42.1 Å². The summed E-state index contributed by atoms with van der Waals surface area (Å²) < 4.78 is 7.34. The average Bonchev–Trinajstić information content (AvgIpc) is 2.85. The number of ether oxygens (including phenoxy) is 1. The van der Waals surface area contributed by atoms with Crippen molar-refractivity contribution in [2.45, 2.75) is 38.8 Å². The molecule has 0 amide bonds. The third kappa shape index (κ3) is 5.90. The SMILES string of the molecule is CC1CCCCN1CCNc1ccc(-n2ccc(OCc3ccccc3)cc2=O)cc1C=N. The van der Waals surface area contributed by atoms with Crippen molar-refractivity contribution in [3.8, 4) is 11.4 Å². The van der Waals surface area contributed by atoms with Crippen LogP contribution >= 0.6 is 0 Å². The van der Waals surface area contributed by atoms with E-state index in [1.165, 1.54) is 31.5 Å². The van der Waals surface area contributed by atoms with Crippen LogP contribution in [0.25, 0.3) is 5.69 Å². The Morgan fingerprint density at radius 2 is 1.97 bits per heavy atom. The Morgan fingerprint density at radius 1 is 1.12 bits per heavy atom. The third-order valence-electron chi connectivity index (χ3n) is 6.26. The summed E-state index contributed by atoms with van der Waals surface area (Å²) in [5.41, 5.74) is 3.28. The molecular weight excluding hydrogens is 412 g/mol. The highest BCUT2D eigenvalue weighted by Gasteiger charge is 2.17. The second kappa shape index (κ2) is 11.0. The molecule has 1 aliphatic rings. The monoisotopic (exact) mass is 444 g/mol. The van der Waals surface area contributed by atoms with Crippen LogP contribution in [0.2, 0.25) is 0 Å². The van der Waals surface area contributed by atoms with E-state index in [4.69, 9.17) is 10.1 Å². The smallest absolute Gasteiger partial charge is 0.258 e. The van der Waals surface area contributed by atoms with E-state index < -0.39 is 0 Å². The van der Waals surface area contributed by atoms with Gasteiger partial charge < -0.3 is 15.5 Å². The van der Waals surface area contributed by atoms with E-state index in [0.29, 0.717) is 18.4 Å². The Balaban J connectivity index is 1.41. The van der Waals surface area contributed by atoms with Gasteiger partial charge in [0.2, 0.25) is 0 Å². The number of piperidine rings is 1. The fourth-order valence-corrected chi connectivity index (χ4v) is 4.31. The molecule has 33 heavy (non-hydrogen) atoms. The normalized spacial score (nSPS) is 16.3. The van der Waals surface area contributed by atoms with Crippen LogP contribution in [0.15, 0.2) is 71.7 Å². The number of hydrogen-bond donors (Lipinski definition) is 2. The van der Waals surface area contributed by atoms with Crippen molar-refractivity contribution in [3.05, 3.63) is 88.3 Å². The third-order valence-corrected chi connectivity index (χ3v) is 6.26. The first kappa shape index (κ1) is 22.8. The van der Waals surface area contributed by atoms with Crippen LogP contribution in [0.4, 0.5) is 5.69 Å². The van der Waals surface area contributed by atoms with Crippen molar-refractivity contribution in [1.29, 1.82) is 5.41 Å². The lowest BCUT2D eigenvalue weighted by Gasteiger charge is -2.33. The molecule has 0 saturated carbocycles. The van der Waals surface area contributed by atoms with Crippen LogP contribution in [-0.4, -0.2) is 41.4 Å². The second-order valence-electron chi connectivity index (χ2n) is 8.57. The van der Waals surface area contributed by atoms with Gasteiger partial charge in [-0.15, -0.1) is 0 Å². The fourth-order valence-electron chi connectivity index (χ4n) is 4.31. The number of nitrogens with one attached hydrogen (secondary N) is 2. The maximum absolute atomic E-state index is 12.7. The summed E-state index contributed by atoms with van der Waals surface area (Å²) >= 11 is 0. The van der Waals surface area contributed by atoms with Gasteiger partial charge in [0.1, 0.15) is 12.4 Å². The van der Waals surface area contributed by atoms with Gasteiger partial charge in [0.25, 0.3) is 5.56 Å². The Bertz CT molecular complexity index is 1130. The van der Waals surface area contributed by atoms with Crippen LogP contribution in [0.5, 0.6) is 5.75 Å². The van der Waals surface area contributed by atoms with Gasteiger partial charge in [0.15, 0.2) is 0 Å². The maximum Gasteiger partial charge on any atom is 0.258 e. The molecule has 6 nitrogen and oxygen atoms in total. The second-order valence-corrected chi connectivity index (χ2v) is 8.57. The molecule has 0 bridgehead atoms. The summed E-state index contributed by atoms with van der Waals surface area (Å²) in [5, 5.41) is 11.3. The molecule has 0 spiro atoms.